The molecule has 2 rings (SSSR count). The van der Waals surface area contributed by atoms with Crippen LogP contribution in [-0.2, 0) is 11.2 Å². The summed E-state index contributed by atoms with van der Waals surface area (Å²) in [5.74, 6) is 1.42. The van der Waals surface area contributed by atoms with Gasteiger partial charge in [0.15, 0.2) is 0 Å². The Bertz CT molecular complexity index is 659. The SMILES string of the molecule is CCOc1ccc(-c2ccc(CC(C)NC(=O)CC(C)C)cc2)cc1. The van der Waals surface area contributed by atoms with Gasteiger partial charge in [-0.1, -0.05) is 50.2 Å². The minimum Gasteiger partial charge on any atom is -0.494 e. The number of amides is 1. The highest BCUT2D eigenvalue weighted by Gasteiger charge is 2.10. The summed E-state index contributed by atoms with van der Waals surface area (Å²) in [5.41, 5.74) is 3.59. The van der Waals surface area contributed by atoms with E-state index in [4.69, 9.17) is 4.74 Å². The van der Waals surface area contributed by atoms with E-state index in [1.54, 1.807) is 0 Å². The normalized spacial score (nSPS) is 12.0. The fraction of sp³-hybridized carbons (Fsp3) is 0.409. The van der Waals surface area contributed by atoms with Crippen molar-refractivity contribution in [3.63, 3.8) is 0 Å². The fourth-order valence-corrected chi connectivity index (χ4v) is 2.85. The number of carbonyl (C=O) groups excluding carboxylic acids is 1. The smallest absolute Gasteiger partial charge is 0.220 e. The lowest BCUT2D eigenvalue weighted by molar-refractivity contribution is -0.122. The third-order valence-electron chi connectivity index (χ3n) is 4.00. The second kappa shape index (κ2) is 9.26. The molecule has 134 valence electrons. The number of rotatable bonds is 8. The fourth-order valence-electron chi connectivity index (χ4n) is 2.85. The van der Waals surface area contributed by atoms with Crippen LogP contribution in [-0.4, -0.2) is 18.6 Å². The van der Waals surface area contributed by atoms with E-state index in [1.807, 2.05) is 19.1 Å². The monoisotopic (exact) mass is 339 g/mol. The third-order valence-corrected chi connectivity index (χ3v) is 4.00. The molecule has 1 N–H and O–H groups in total. The molecule has 0 fully saturated rings. The molecule has 2 aromatic carbocycles. The van der Waals surface area contributed by atoms with E-state index in [0.717, 1.165) is 12.2 Å². The highest BCUT2D eigenvalue weighted by molar-refractivity contribution is 5.76. The van der Waals surface area contributed by atoms with Gasteiger partial charge in [0.1, 0.15) is 5.75 Å². The van der Waals surface area contributed by atoms with E-state index >= 15 is 0 Å². The van der Waals surface area contributed by atoms with Gasteiger partial charge >= 0.3 is 0 Å². The Kier molecular flexibility index (Phi) is 7.05. The number of nitrogens with one attached hydrogen (secondary N) is 1. The van der Waals surface area contributed by atoms with Crippen molar-refractivity contribution >= 4 is 5.91 Å². The van der Waals surface area contributed by atoms with Crippen molar-refractivity contribution in [3.05, 3.63) is 54.1 Å². The molecule has 0 aliphatic carbocycles. The second-order valence-electron chi connectivity index (χ2n) is 6.92. The molecule has 0 aliphatic rings. The van der Waals surface area contributed by atoms with Crippen molar-refractivity contribution in [2.24, 2.45) is 5.92 Å². The van der Waals surface area contributed by atoms with Gasteiger partial charge in [0.25, 0.3) is 0 Å². The molecule has 3 nitrogen and oxygen atoms in total. The van der Waals surface area contributed by atoms with Crippen molar-refractivity contribution in [3.8, 4) is 16.9 Å². The van der Waals surface area contributed by atoms with Crippen molar-refractivity contribution in [1.29, 1.82) is 0 Å². The molecule has 1 amide bonds. The predicted molar refractivity (Wildman–Crippen MR) is 104 cm³/mol. The summed E-state index contributed by atoms with van der Waals surface area (Å²) in [6, 6.07) is 16.8. The maximum absolute atomic E-state index is 11.8. The van der Waals surface area contributed by atoms with Crippen LogP contribution in [0.3, 0.4) is 0 Å². The van der Waals surface area contributed by atoms with Crippen LogP contribution < -0.4 is 10.1 Å². The lowest BCUT2D eigenvalue weighted by atomic mass is 10.0. The zero-order valence-corrected chi connectivity index (χ0v) is 15.7. The van der Waals surface area contributed by atoms with E-state index in [2.05, 4.69) is 62.5 Å². The molecule has 0 radical (unpaired) electrons. The van der Waals surface area contributed by atoms with Gasteiger partial charge in [0, 0.05) is 12.5 Å². The zero-order chi connectivity index (χ0) is 18.2. The van der Waals surface area contributed by atoms with Crippen molar-refractivity contribution in [2.45, 2.75) is 46.6 Å². The summed E-state index contributed by atoms with van der Waals surface area (Å²) in [5, 5.41) is 3.07. The summed E-state index contributed by atoms with van der Waals surface area (Å²) in [4.78, 5) is 11.8. The third kappa shape index (κ3) is 6.26. The summed E-state index contributed by atoms with van der Waals surface area (Å²) in [7, 11) is 0. The maximum atomic E-state index is 11.8. The van der Waals surface area contributed by atoms with Crippen LogP contribution in [0.15, 0.2) is 48.5 Å². The van der Waals surface area contributed by atoms with Gasteiger partial charge in [-0.3, -0.25) is 4.79 Å². The highest BCUT2D eigenvalue weighted by atomic mass is 16.5. The van der Waals surface area contributed by atoms with E-state index in [1.165, 1.54) is 16.7 Å². The van der Waals surface area contributed by atoms with Crippen molar-refractivity contribution in [2.75, 3.05) is 6.61 Å². The zero-order valence-electron chi connectivity index (χ0n) is 15.7. The Morgan fingerprint density at radius 1 is 0.960 bits per heavy atom. The van der Waals surface area contributed by atoms with Crippen LogP contribution in [0.4, 0.5) is 0 Å². The molecule has 0 aromatic heterocycles. The minimum absolute atomic E-state index is 0.133. The molecule has 0 bridgehead atoms. The quantitative estimate of drug-likeness (QED) is 0.747. The molecule has 0 aliphatic heterocycles. The van der Waals surface area contributed by atoms with Crippen molar-refractivity contribution < 1.29 is 9.53 Å². The number of ether oxygens (including phenoxy) is 1. The Hall–Kier alpha value is -2.29. The second-order valence-corrected chi connectivity index (χ2v) is 6.92. The number of benzene rings is 2. The Balaban J connectivity index is 1.94. The minimum atomic E-state index is 0.133. The van der Waals surface area contributed by atoms with Gasteiger partial charge in [-0.05, 0) is 55.0 Å². The van der Waals surface area contributed by atoms with E-state index in [-0.39, 0.29) is 11.9 Å². The Morgan fingerprint density at radius 2 is 1.52 bits per heavy atom. The van der Waals surface area contributed by atoms with E-state index < -0.39 is 0 Å². The molecular weight excluding hydrogens is 310 g/mol. The lowest BCUT2D eigenvalue weighted by Crippen LogP contribution is -2.34. The molecule has 0 heterocycles. The average Bonchev–Trinajstić information content (AvgIpc) is 2.55. The molecule has 25 heavy (non-hydrogen) atoms. The molecular formula is C22H29NO2. The molecule has 1 unspecified atom stereocenters. The van der Waals surface area contributed by atoms with Gasteiger partial charge in [-0.15, -0.1) is 0 Å². The largest absolute Gasteiger partial charge is 0.494 e. The van der Waals surface area contributed by atoms with Crippen LogP contribution in [0.5, 0.6) is 5.75 Å². The molecule has 0 saturated carbocycles. The van der Waals surface area contributed by atoms with Crippen molar-refractivity contribution in [1.82, 2.24) is 5.32 Å². The number of carbonyl (C=O) groups is 1. The van der Waals surface area contributed by atoms with E-state index in [0.29, 0.717) is 18.9 Å². The predicted octanol–water partition coefficient (Wildman–Crippen LogP) is 4.85. The summed E-state index contributed by atoms with van der Waals surface area (Å²) in [6.07, 6.45) is 1.43. The first-order valence-electron chi connectivity index (χ1n) is 9.09. The Morgan fingerprint density at radius 3 is 2.04 bits per heavy atom. The van der Waals surface area contributed by atoms with E-state index in [9.17, 15) is 4.79 Å². The van der Waals surface area contributed by atoms with Crippen LogP contribution in [0.2, 0.25) is 0 Å². The van der Waals surface area contributed by atoms with Gasteiger partial charge in [0.2, 0.25) is 5.91 Å². The van der Waals surface area contributed by atoms with Crippen LogP contribution >= 0.6 is 0 Å². The topological polar surface area (TPSA) is 38.3 Å². The summed E-state index contributed by atoms with van der Waals surface area (Å²) >= 11 is 0. The standard InChI is InChI=1S/C22H29NO2/c1-5-25-21-12-10-20(11-13-21)19-8-6-18(7-9-19)15-17(4)23-22(24)14-16(2)3/h6-13,16-17H,5,14-15H2,1-4H3,(H,23,24). The number of hydrogen-bond donors (Lipinski definition) is 1. The summed E-state index contributed by atoms with van der Waals surface area (Å²) < 4.78 is 5.48. The van der Waals surface area contributed by atoms with Gasteiger partial charge in [-0.2, -0.15) is 0 Å². The maximum Gasteiger partial charge on any atom is 0.220 e. The van der Waals surface area contributed by atoms with Gasteiger partial charge in [-0.25, -0.2) is 0 Å². The van der Waals surface area contributed by atoms with Crippen LogP contribution in [0, 0.1) is 5.92 Å². The van der Waals surface area contributed by atoms with Crippen LogP contribution in [0.25, 0.3) is 11.1 Å². The Labute approximate surface area is 151 Å². The molecule has 1 atom stereocenters. The van der Waals surface area contributed by atoms with Crippen LogP contribution in [0.1, 0.15) is 39.7 Å². The first-order chi connectivity index (χ1) is 12.0. The summed E-state index contributed by atoms with van der Waals surface area (Å²) in [6.45, 7) is 8.84. The first kappa shape index (κ1) is 19.0. The van der Waals surface area contributed by atoms with Gasteiger partial charge < -0.3 is 10.1 Å². The van der Waals surface area contributed by atoms with Gasteiger partial charge in [0.05, 0.1) is 6.61 Å². The number of hydrogen-bond acceptors (Lipinski definition) is 2. The molecule has 0 spiro atoms. The lowest BCUT2D eigenvalue weighted by Gasteiger charge is -2.15. The first-order valence-corrected chi connectivity index (χ1v) is 9.09. The molecule has 3 heteroatoms. The highest BCUT2D eigenvalue weighted by Crippen LogP contribution is 2.23. The average molecular weight is 339 g/mol. The molecule has 2 aromatic rings. The molecule has 0 saturated heterocycles.